The van der Waals surface area contributed by atoms with Gasteiger partial charge in [-0.05, 0) is 38.3 Å². The van der Waals surface area contributed by atoms with E-state index in [-0.39, 0.29) is 17.2 Å². The Balaban J connectivity index is 1.52. The average Bonchev–Trinajstić information content (AvgIpc) is 3.44. The van der Waals surface area contributed by atoms with E-state index in [0.29, 0.717) is 32.5 Å². The van der Waals surface area contributed by atoms with Gasteiger partial charge < -0.3 is 14.8 Å². The minimum absolute atomic E-state index is 0.0597. The van der Waals surface area contributed by atoms with Gasteiger partial charge in [0.2, 0.25) is 5.91 Å². The van der Waals surface area contributed by atoms with Crippen LogP contribution in [0.3, 0.4) is 0 Å². The van der Waals surface area contributed by atoms with Crippen LogP contribution in [-0.2, 0) is 27.2 Å². The Labute approximate surface area is 228 Å². The van der Waals surface area contributed by atoms with Crippen molar-refractivity contribution in [2.45, 2.75) is 45.3 Å². The minimum Gasteiger partial charge on any atom is -0.465 e. The number of carbonyl (C=O) groups excluding carboxylic acids is 2. The highest BCUT2D eigenvalue weighted by molar-refractivity contribution is 7.99. The Kier molecular flexibility index (Phi) is 9.41. The minimum atomic E-state index is -0.483. The van der Waals surface area contributed by atoms with Crippen molar-refractivity contribution in [3.63, 3.8) is 0 Å². The lowest BCUT2D eigenvalue weighted by molar-refractivity contribution is -0.113. The van der Waals surface area contributed by atoms with E-state index in [9.17, 15) is 14.4 Å². The lowest BCUT2D eigenvalue weighted by Gasteiger charge is -2.26. The molecule has 0 saturated carbocycles. The quantitative estimate of drug-likeness (QED) is 0.224. The van der Waals surface area contributed by atoms with Gasteiger partial charge in [0, 0.05) is 35.9 Å². The second-order valence-electron chi connectivity index (χ2n) is 8.76. The molecule has 0 aliphatic carbocycles. The maximum atomic E-state index is 13.5. The number of methoxy groups -OCH3 is 1. The number of thiophene rings is 2. The number of nitrogens with one attached hydrogen (secondary N) is 1. The fourth-order valence-corrected chi connectivity index (χ4v) is 7.05. The van der Waals surface area contributed by atoms with Crippen LogP contribution in [-0.4, -0.2) is 72.0 Å². The van der Waals surface area contributed by atoms with Crippen LogP contribution < -0.4 is 10.9 Å². The number of esters is 1. The van der Waals surface area contributed by atoms with Gasteiger partial charge in [-0.1, -0.05) is 18.7 Å². The summed E-state index contributed by atoms with van der Waals surface area (Å²) in [5.74, 6) is -0.693. The van der Waals surface area contributed by atoms with Crippen molar-refractivity contribution < 1.29 is 19.1 Å². The van der Waals surface area contributed by atoms with Gasteiger partial charge >= 0.3 is 5.97 Å². The van der Waals surface area contributed by atoms with Gasteiger partial charge in [-0.3, -0.25) is 19.1 Å². The van der Waals surface area contributed by atoms with Crippen molar-refractivity contribution in [1.82, 2.24) is 14.5 Å². The number of hydrogen-bond donors (Lipinski definition) is 1. The summed E-state index contributed by atoms with van der Waals surface area (Å²) in [6.07, 6.45) is 1.55. The predicted octanol–water partition coefficient (Wildman–Crippen LogP) is 3.94. The van der Waals surface area contributed by atoms with Crippen LogP contribution in [0.4, 0.5) is 5.00 Å². The van der Waals surface area contributed by atoms with Gasteiger partial charge in [0.05, 0.1) is 37.0 Å². The van der Waals surface area contributed by atoms with Gasteiger partial charge in [0.25, 0.3) is 5.56 Å². The Hall–Kier alpha value is -2.25. The number of aromatic nitrogens is 2. The van der Waals surface area contributed by atoms with Gasteiger partial charge in [0.1, 0.15) is 9.83 Å². The summed E-state index contributed by atoms with van der Waals surface area (Å²) in [4.78, 5) is 48.4. The Morgan fingerprint density at radius 1 is 1.22 bits per heavy atom. The highest BCUT2D eigenvalue weighted by atomic mass is 32.2. The van der Waals surface area contributed by atoms with Crippen LogP contribution in [0, 0.1) is 13.8 Å². The molecule has 0 aromatic carbocycles. The first-order valence-electron chi connectivity index (χ1n) is 12.3. The van der Waals surface area contributed by atoms with Crippen molar-refractivity contribution in [1.29, 1.82) is 0 Å². The number of hydrogen-bond acceptors (Lipinski definition) is 10. The second-order valence-corrected chi connectivity index (χ2v) is 12.0. The lowest BCUT2D eigenvalue weighted by atomic mass is 10.2. The number of anilines is 1. The third kappa shape index (κ3) is 6.43. The molecule has 0 spiro atoms. The zero-order valence-corrected chi connectivity index (χ0v) is 24.0. The number of thioether (sulfide) groups is 1. The van der Waals surface area contributed by atoms with Crippen molar-refractivity contribution >= 4 is 61.5 Å². The fraction of sp³-hybridized carbons (Fsp3) is 0.520. The third-order valence-electron chi connectivity index (χ3n) is 6.34. The van der Waals surface area contributed by atoms with E-state index < -0.39 is 5.97 Å². The maximum absolute atomic E-state index is 13.5. The van der Waals surface area contributed by atoms with Gasteiger partial charge in [-0.25, -0.2) is 9.78 Å². The van der Waals surface area contributed by atoms with Crippen molar-refractivity contribution in [2.24, 2.45) is 0 Å². The molecule has 1 aliphatic heterocycles. The number of rotatable bonds is 10. The van der Waals surface area contributed by atoms with E-state index in [0.717, 1.165) is 61.0 Å². The summed E-state index contributed by atoms with van der Waals surface area (Å²) in [6, 6.07) is 1.75. The summed E-state index contributed by atoms with van der Waals surface area (Å²) in [5, 5.41) is 4.52. The molecule has 4 heterocycles. The molecule has 0 bridgehead atoms. The molecule has 1 amide bonds. The molecule has 0 unspecified atom stereocenters. The molecule has 0 atom stereocenters. The van der Waals surface area contributed by atoms with E-state index in [1.165, 1.54) is 41.5 Å². The van der Waals surface area contributed by atoms with Crippen LogP contribution in [0.1, 0.15) is 39.0 Å². The highest BCUT2D eigenvalue weighted by Gasteiger charge is 2.21. The van der Waals surface area contributed by atoms with Crippen molar-refractivity contribution in [3.05, 3.63) is 37.3 Å². The molecule has 4 rings (SSSR count). The number of aryl methyl sites for hydroxylation is 3. The Bertz CT molecular complexity index is 1340. The predicted molar refractivity (Wildman–Crippen MR) is 150 cm³/mol. The van der Waals surface area contributed by atoms with Crippen LogP contribution in [0.15, 0.2) is 16.0 Å². The highest BCUT2D eigenvalue weighted by Crippen LogP contribution is 2.31. The standard InChI is InChI=1S/C25H32N4O5S3/c1-5-17-13-18(24(32)33-4)21(37-17)26-19(30)14-35-25-27-22-20(15(2)16(3)36-22)23(31)29(25)8-6-7-28-9-11-34-12-10-28/h13H,5-12,14H2,1-4H3,(H,26,30). The number of amides is 1. The molecule has 1 N–H and O–H groups in total. The molecule has 200 valence electrons. The summed E-state index contributed by atoms with van der Waals surface area (Å²) in [5.41, 5.74) is 1.26. The molecule has 12 heteroatoms. The van der Waals surface area contributed by atoms with Crippen molar-refractivity contribution in [2.75, 3.05) is 51.0 Å². The van der Waals surface area contributed by atoms with Crippen molar-refractivity contribution in [3.8, 4) is 0 Å². The number of ether oxygens (including phenoxy) is 2. The van der Waals surface area contributed by atoms with E-state index in [2.05, 4.69) is 10.2 Å². The van der Waals surface area contributed by atoms with Crippen LogP contribution in [0.5, 0.6) is 0 Å². The summed E-state index contributed by atoms with van der Waals surface area (Å²) >= 11 is 4.11. The Morgan fingerprint density at radius 2 is 1.97 bits per heavy atom. The number of fused-ring (bicyclic) bond motifs is 1. The molecule has 0 radical (unpaired) electrons. The molecule has 3 aromatic rings. The average molecular weight is 565 g/mol. The third-order valence-corrected chi connectivity index (χ3v) is 9.61. The normalized spacial score (nSPS) is 14.3. The van der Waals surface area contributed by atoms with E-state index in [4.69, 9.17) is 14.5 Å². The molecule has 9 nitrogen and oxygen atoms in total. The van der Waals surface area contributed by atoms with Crippen LogP contribution in [0.25, 0.3) is 10.2 Å². The molecule has 37 heavy (non-hydrogen) atoms. The molecular weight excluding hydrogens is 532 g/mol. The van der Waals surface area contributed by atoms with E-state index in [1.807, 2.05) is 20.8 Å². The van der Waals surface area contributed by atoms with Gasteiger partial charge in [-0.15, -0.1) is 22.7 Å². The van der Waals surface area contributed by atoms with E-state index >= 15 is 0 Å². The molecular formula is C25H32N4O5S3. The number of morpholine rings is 1. The van der Waals surface area contributed by atoms with E-state index in [1.54, 1.807) is 10.6 Å². The largest absolute Gasteiger partial charge is 0.465 e. The first-order valence-corrected chi connectivity index (χ1v) is 14.9. The molecule has 1 aliphatic rings. The second kappa shape index (κ2) is 12.5. The topological polar surface area (TPSA) is 103 Å². The SMILES string of the molecule is CCc1cc(C(=O)OC)c(NC(=O)CSc2nc3sc(C)c(C)c3c(=O)n2CCCN2CCOCC2)s1. The summed E-state index contributed by atoms with van der Waals surface area (Å²) in [6.45, 7) is 10.6. The first-order chi connectivity index (χ1) is 17.8. The smallest absolute Gasteiger partial charge is 0.340 e. The number of carbonyl (C=O) groups is 2. The number of nitrogens with zero attached hydrogens (tertiary/aromatic N) is 3. The molecule has 1 fully saturated rings. The lowest BCUT2D eigenvalue weighted by Crippen LogP contribution is -2.37. The summed E-state index contributed by atoms with van der Waals surface area (Å²) < 4.78 is 12.0. The molecule has 3 aromatic heterocycles. The van der Waals surface area contributed by atoms with Crippen LogP contribution in [0.2, 0.25) is 0 Å². The zero-order valence-electron chi connectivity index (χ0n) is 21.5. The van der Waals surface area contributed by atoms with Gasteiger partial charge in [-0.2, -0.15) is 0 Å². The van der Waals surface area contributed by atoms with Crippen LogP contribution >= 0.6 is 34.4 Å². The zero-order chi connectivity index (χ0) is 26.5. The van der Waals surface area contributed by atoms with Gasteiger partial charge in [0.15, 0.2) is 5.16 Å². The fourth-order valence-electron chi connectivity index (χ4n) is 4.16. The Morgan fingerprint density at radius 3 is 2.68 bits per heavy atom. The maximum Gasteiger partial charge on any atom is 0.340 e. The monoisotopic (exact) mass is 564 g/mol. The molecule has 1 saturated heterocycles. The first kappa shape index (κ1) is 27.8. The summed E-state index contributed by atoms with van der Waals surface area (Å²) in [7, 11) is 1.32.